The summed E-state index contributed by atoms with van der Waals surface area (Å²) in [6, 6.07) is 0.589. The van der Waals surface area contributed by atoms with Crippen molar-refractivity contribution >= 4 is 7.25 Å². The van der Waals surface area contributed by atoms with Crippen LogP contribution in [0.2, 0.25) is 0 Å². The maximum atomic E-state index is 9.75. The zero-order chi connectivity index (χ0) is 12.6. The van der Waals surface area contributed by atoms with Crippen LogP contribution in [0.15, 0.2) is 24.4 Å². The smallest absolute Gasteiger partial charge is 0.418 e. The van der Waals surface area contributed by atoms with Crippen molar-refractivity contribution in [2.75, 3.05) is 6.54 Å². The quantitative estimate of drug-likeness (QED) is 0.532. The van der Waals surface area contributed by atoms with Crippen LogP contribution in [0.25, 0.3) is 0 Å². The van der Waals surface area contributed by atoms with Crippen molar-refractivity contribution in [1.29, 1.82) is 0 Å². The summed E-state index contributed by atoms with van der Waals surface area (Å²) in [5.74, 6) is 0. The Bertz CT molecular complexity index is 237. The van der Waals surface area contributed by atoms with Gasteiger partial charge in [0.2, 0.25) is 0 Å². The summed E-state index contributed by atoms with van der Waals surface area (Å²) < 4.78 is 39.0. The highest BCUT2D eigenvalue weighted by atomic mass is 19.5. The minimum Gasteiger partial charge on any atom is -0.418 e. The van der Waals surface area contributed by atoms with E-state index >= 15 is 0 Å². The topological polar surface area (TPSA) is 3.24 Å². The molecule has 0 N–H and O–H groups in total. The molecular formula is C10H18BF4N. The first kappa shape index (κ1) is 15.1. The van der Waals surface area contributed by atoms with Gasteiger partial charge in [-0.2, -0.15) is 0 Å². The first-order valence-electron chi connectivity index (χ1n) is 5.32. The highest BCUT2D eigenvalue weighted by Crippen LogP contribution is 2.08. The van der Waals surface area contributed by atoms with Crippen molar-refractivity contribution in [3.63, 3.8) is 0 Å². The zero-order valence-electron chi connectivity index (χ0n) is 10.5. The zero-order valence-corrected chi connectivity index (χ0v) is 9.54. The Kier molecular flexibility index (Phi) is 6.93. The Hall–Kier alpha value is -0.935. The van der Waals surface area contributed by atoms with Crippen LogP contribution < -0.4 is 0 Å². The largest absolute Gasteiger partial charge is 1.00 e. The van der Waals surface area contributed by atoms with E-state index in [-0.39, 0.29) is 1.43 Å². The number of unbranched alkanes of at least 4 members (excludes halogenated alkanes) is 1. The van der Waals surface area contributed by atoms with Gasteiger partial charge in [-0.15, -0.1) is 0 Å². The predicted octanol–water partition coefficient (Wildman–Crippen LogP) is 3.97. The molecule has 0 saturated carbocycles. The molecule has 0 aromatic carbocycles. The number of hydrogen-bond donors (Lipinski definition) is 0. The molecule has 94 valence electrons. The van der Waals surface area contributed by atoms with Gasteiger partial charge in [-0.05, 0) is 25.6 Å². The molecule has 1 heterocycles. The maximum absolute atomic E-state index is 9.75. The van der Waals surface area contributed by atoms with Gasteiger partial charge in [-0.1, -0.05) is 25.5 Å². The summed E-state index contributed by atoms with van der Waals surface area (Å²) in [4.78, 5) is 2.38. The first-order chi connectivity index (χ1) is 7.34. The van der Waals surface area contributed by atoms with Gasteiger partial charge in [0, 0.05) is 12.6 Å². The van der Waals surface area contributed by atoms with Crippen LogP contribution in [-0.4, -0.2) is 24.7 Å². The van der Waals surface area contributed by atoms with Crippen LogP contribution in [0.1, 0.15) is 28.1 Å². The van der Waals surface area contributed by atoms with E-state index in [1.54, 1.807) is 0 Å². The molecule has 16 heavy (non-hydrogen) atoms. The van der Waals surface area contributed by atoms with Gasteiger partial charge in [0.25, 0.3) is 0 Å². The van der Waals surface area contributed by atoms with Crippen molar-refractivity contribution in [2.45, 2.75) is 32.7 Å². The fourth-order valence-corrected chi connectivity index (χ4v) is 1.25. The summed E-state index contributed by atoms with van der Waals surface area (Å²) in [6.07, 6.45) is 11.2. The summed E-state index contributed by atoms with van der Waals surface area (Å²) in [7, 11) is -6.00. The fourth-order valence-electron chi connectivity index (χ4n) is 1.25. The first-order valence-corrected chi connectivity index (χ1v) is 5.32. The Morgan fingerprint density at radius 3 is 2.25 bits per heavy atom. The molecule has 6 heteroatoms. The van der Waals surface area contributed by atoms with E-state index < -0.39 is 7.25 Å². The number of rotatable bonds is 3. The molecule has 0 saturated heterocycles. The van der Waals surface area contributed by atoms with Gasteiger partial charge in [0.1, 0.15) is 0 Å². The molecule has 1 unspecified atom stereocenters. The third-order valence-electron chi connectivity index (χ3n) is 2.07. The molecule has 0 fully saturated rings. The molecule has 1 atom stereocenters. The molecule has 0 aliphatic carbocycles. The van der Waals surface area contributed by atoms with Crippen LogP contribution in [0, 0.1) is 0 Å². The molecule has 0 amide bonds. The monoisotopic (exact) mass is 239 g/mol. The molecule has 1 aliphatic rings. The summed E-state index contributed by atoms with van der Waals surface area (Å²) in [5.41, 5.74) is 0. The normalized spacial score (nSPS) is 19.4. The van der Waals surface area contributed by atoms with Gasteiger partial charge in [-0.25, -0.2) is 0 Å². The van der Waals surface area contributed by atoms with Gasteiger partial charge in [-0.3, -0.25) is 0 Å². The lowest BCUT2D eigenvalue weighted by molar-refractivity contribution is 0.326. The molecule has 0 spiro atoms. The Morgan fingerprint density at radius 2 is 1.81 bits per heavy atom. The van der Waals surface area contributed by atoms with E-state index in [0.29, 0.717) is 6.04 Å². The van der Waals surface area contributed by atoms with E-state index in [1.807, 2.05) is 0 Å². The van der Waals surface area contributed by atoms with Gasteiger partial charge >= 0.3 is 8.68 Å². The number of nitrogens with zero attached hydrogens (tertiary/aromatic N) is 1. The van der Waals surface area contributed by atoms with Crippen LogP contribution in [-0.2, 0) is 0 Å². The lowest BCUT2D eigenvalue weighted by Gasteiger charge is -2.27. The molecular weight excluding hydrogens is 221 g/mol. The summed E-state index contributed by atoms with van der Waals surface area (Å²) >= 11 is 0. The molecule has 0 bridgehead atoms. The molecule has 1 rings (SSSR count). The summed E-state index contributed by atoms with van der Waals surface area (Å²) in [6.45, 7) is 5.66. The van der Waals surface area contributed by atoms with Gasteiger partial charge < -0.3 is 22.2 Å². The van der Waals surface area contributed by atoms with E-state index in [4.69, 9.17) is 0 Å². The molecule has 0 radical (unpaired) electrons. The average Bonchev–Trinajstić information content (AvgIpc) is 2.14. The molecule has 1 aliphatic heterocycles. The van der Waals surface area contributed by atoms with Crippen molar-refractivity contribution in [2.24, 2.45) is 0 Å². The Morgan fingerprint density at radius 1 is 1.25 bits per heavy atom. The average molecular weight is 239 g/mol. The van der Waals surface area contributed by atoms with Crippen molar-refractivity contribution in [3.8, 4) is 0 Å². The highest BCUT2D eigenvalue weighted by molar-refractivity contribution is 6.50. The third-order valence-corrected chi connectivity index (χ3v) is 2.07. The van der Waals surface area contributed by atoms with Crippen LogP contribution in [0.3, 0.4) is 0 Å². The Labute approximate surface area is 95.4 Å². The number of hydrogen-bond acceptors (Lipinski definition) is 1. The minimum atomic E-state index is -6.00. The molecule has 0 aromatic rings. The maximum Gasteiger partial charge on any atom is 1.00 e. The summed E-state index contributed by atoms with van der Waals surface area (Å²) in [5, 5.41) is 0. The van der Waals surface area contributed by atoms with Crippen LogP contribution in [0.5, 0.6) is 0 Å². The van der Waals surface area contributed by atoms with E-state index in [1.165, 1.54) is 19.4 Å². The second-order valence-electron chi connectivity index (χ2n) is 3.55. The second-order valence-corrected chi connectivity index (χ2v) is 3.55. The van der Waals surface area contributed by atoms with E-state index in [9.17, 15) is 17.3 Å². The fraction of sp³-hybridized carbons (Fsp3) is 0.600. The lowest BCUT2D eigenvalue weighted by atomic mass is 10.2. The number of halogens is 4. The van der Waals surface area contributed by atoms with Crippen molar-refractivity contribution < 1.29 is 18.7 Å². The van der Waals surface area contributed by atoms with Gasteiger partial charge in [0.15, 0.2) is 0 Å². The highest BCUT2D eigenvalue weighted by Gasteiger charge is 2.20. The standard InChI is InChI=1S/C10H17N.BF4/c1-3-4-8-11-9-6-5-7-10(11)2;2-1(3,4)5/h5-7,9-10H,3-4,8H2,1-2H3;/q;-1/p+1. The number of allylic oxidation sites excluding steroid dienone is 2. The van der Waals surface area contributed by atoms with Crippen molar-refractivity contribution in [1.82, 2.24) is 4.90 Å². The molecule has 1 nitrogen and oxygen atoms in total. The van der Waals surface area contributed by atoms with E-state index in [0.717, 1.165) is 0 Å². The van der Waals surface area contributed by atoms with E-state index in [2.05, 4.69) is 43.2 Å². The SMILES string of the molecule is CCCCN1C=CC=CC1C.F[B-](F)(F)F.[H+]. The van der Waals surface area contributed by atoms with Crippen molar-refractivity contribution in [3.05, 3.63) is 24.4 Å². The van der Waals surface area contributed by atoms with Crippen LogP contribution >= 0.6 is 0 Å². The third kappa shape index (κ3) is 9.61. The second kappa shape index (κ2) is 7.36. The molecule has 0 aromatic heterocycles. The minimum absolute atomic E-state index is 0. The Balaban J connectivity index is 0. The van der Waals surface area contributed by atoms with Gasteiger partial charge in [0.05, 0.1) is 0 Å². The van der Waals surface area contributed by atoms with Crippen LogP contribution in [0.4, 0.5) is 17.3 Å². The lowest BCUT2D eigenvalue weighted by Crippen LogP contribution is -2.28. The predicted molar refractivity (Wildman–Crippen MR) is 60.7 cm³/mol.